The van der Waals surface area contributed by atoms with E-state index >= 15 is 0 Å². The Labute approximate surface area is 395 Å². The number of nitrogens with two attached hydrogens (primary N) is 5. The molecule has 0 bridgehead atoms. The van der Waals surface area contributed by atoms with Crippen LogP contribution in [0.25, 0.3) is 0 Å². The Morgan fingerprint density at radius 2 is 1.47 bits per heavy atom. The van der Waals surface area contributed by atoms with Crippen molar-refractivity contribution in [2.45, 2.75) is 113 Å². The Hall–Kier alpha value is -7.19. The molecule has 68 heavy (non-hydrogen) atoms. The number of primary amides is 3. The first-order chi connectivity index (χ1) is 32.1. The molecule has 0 spiro atoms. The predicted molar refractivity (Wildman–Crippen MR) is 245 cm³/mol. The second-order valence-electron chi connectivity index (χ2n) is 16.1. The number of benzene rings is 1. The molecule has 26 nitrogen and oxygen atoms in total. The van der Waals surface area contributed by atoms with E-state index in [1.54, 1.807) is 12.1 Å². The minimum absolute atomic E-state index is 0.0209. The van der Waals surface area contributed by atoms with Crippen molar-refractivity contribution in [2.24, 2.45) is 33.7 Å². The topological polar surface area (TPSA) is 438 Å². The van der Waals surface area contributed by atoms with Gasteiger partial charge in [0.15, 0.2) is 5.96 Å². The van der Waals surface area contributed by atoms with Gasteiger partial charge in [-0.2, -0.15) is 11.8 Å². The molecule has 374 valence electrons. The molecule has 0 radical (unpaired) electrons. The summed E-state index contributed by atoms with van der Waals surface area (Å²) in [6, 6.07) is -3.74. The van der Waals surface area contributed by atoms with Gasteiger partial charge in [0.1, 0.15) is 48.0 Å². The highest BCUT2D eigenvalue weighted by molar-refractivity contribution is 7.99. The second kappa shape index (κ2) is 27.4. The largest absolute Gasteiger partial charge is 0.508 e. The molecule has 0 unspecified atom stereocenters. The van der Waals surface area contributed by atoms with Crippen LogP contribution in [0.3, 0.4) is 0 Å². The lowest BCUT2D eigenvalue weighted by molar-refractivity contribution is -0.142. The van der Waals surface area contributed by atoms with Crippen LogP contribution < -0.4 is 65.9 Å². The number of carbonyl (C=O) groups excluding carboxylic acids is 11. The highest BCUT2D eigenvalue weighted by Crippen LogP contribution is 2.21. The van der Waals surface area contributed by atoms with E-state index in [1.807, 2.05) is 0 Å². The van der Waals surface area contributed by atoms with Crippen molar-refractivity contribution in [3.05, 3.63) is 29.8 Å². The number of carbonyl (C=O) groups is 11. The van der Waals surface area contributed by atoms with Crippen LogP contribution in [0.15, 0.2) is 29.3 Å². The molecule has 2 aliphatic heterocycles. The van der Waals surface area contributed by atoms with Gasteiger partial charge in [-0.05, 0) is 68.9 Å². The van der Waals surface area contributed by atoms with Crippen molar-refractivity contribution in [3.8, 4) is 5.75 Å². The summed E-state index contributed by atoms with van der Waals surface area (Å²) in [7, 11) is 0. The zero-order valence-electron chi connectivity index (χ0n) is 37.6. The Bertz CT molecular complexity index is 2050. The Balaban J connectivity index is 1.96. The summed E-state index contributed by atoms with van der Waals surface area (Å²) in [6.45, 7) is 0.925. The number of rotatable bonds is 17. The van der Waals surface area contributed by atoms with Gasteiger partial charge in [0.05, 0.1) is 13.0 Å². The van der Waals surface area contributed by atoms with Gasteiger partial charge in [-0.15, -0.1) is 0 Å². The number of guanidine groups is 1. The standard InChI is InChI=1S/C41H62N14O12S/c1-21-34(61)51-25(10-11-30(42)57)36(63)54-28(19-31(43)58)38(65)53-26(12-16-68-17-13-33(60)50-27(37(64)49-21)18-22-6-8-23(56)9-7-22)40(67)55-15-3-5-29(55)39(66)52-24(4-2-14-47-41(45)46)35(62)48-20-32(44)59/h6-9,21,24-29,56H,2-5,10-20H2,1H3,(H2,42,57)(H2,43,58)(H2,44,59)(H,48,62)(H,49,64)(H,50,60)(H,51,61)(H,52,66)(H,53,65)(H,54,63)(H4,45,46,47)/t21-,24-,25-,26-,27-,28-,29-/m0/s1. The number of amides is 11. The zero-order valence-corrected chi connectivity index (χ0v) is 38.4. The summed E-state index contributed by atoms with van der Waals surface area (Å²) in [5.41, 5.74) is 27.3. The molecule has 27 heteroatoms. The van der Waals surface area contributed by atoms with Crippen LogP contribution in [-0.4, -0.2) is 154 Å². The first-order valence-electron chi connectivity index (χ1n) is 21.8. The zero-order chi connectivity index (χ0) is 50.5. The van der Waals surface area contributed by atoms with E-state index in [4.69, 9.17) is 28.7 Å². The number of hydrogen-bond acceptors (Lipinski definition) is 14. The second-order valence-corrected chi connectivity index (χ2v) is 17.3. The lowest BCUT2D eigenvalue weighted by Crippen LogP contribution is -2.60. The normalized spacial score (nSPS) is 22.7. The van der Waals surface area contributed by atoms with Gasteiger partial charge in [0.2, 0.25) is 65.0 Å². The van der Waals surface area contributed by atoms with Crippen molar-refractivity contribution < 1.29 is 57.8 Å². The molecule has 3 rings (SSSR count). The van der Waals surface area contributed by atoms with Gasteiger partial charge in [0.25, 0.3) is 0 Å². The number of thioether (sulfide) groups is 1. The number of aromatic hydroxyl groups is 1. The molecular formula is C41H62N14O12S. The molecule has 7 atom stereocenters. The average Bonchev–Trinajstić information content (AvgIpc) is 3.77. The van der Waals surface area contributed by atoms with Crippen molar-refractivity contribution >= 4 is 82.7 Å². The van der Waals surface area contributed by atoms with Crippen LogP contribution in [0.4, 0.5) is 0 Å². The van der Waals surface area contributed by atoms with E-state index in [-0.39, 0.29) is 74.8 Å². The lowest BCUT2D eigenvalue weighted by atomic mass is 10.0. The molecule has 2 fully saturated rings. The van der Waals surface area contributed by atoms with Gasteiger partial charge in [0, 0.05) is 38.1 Å². The molecule has 0 aliphatic carbocycles. The van der Waals surface area contributed by atoms with E-state index in [0.717, 1.165) is 0 Å². The first-order valence-corrected chi connectivity index (χ1v) is 23.0. The smallest absolute Gasteiger partial charge is 0.245 e. The van der Waals surface area contributed by atoms with Crippen LogP contribution in [0.2, 0.25) is 0 Å². The van der Waals surface area contributed by atoms with E-state index in [1.165, 1.54) is 35.7 Å². The third kappa shape index (κ3) is 19.0. The van der Waals surface area contributed by atoms with Crippen molar-refractivity contribution in [3.63, 3.8) is 0 Å². The number of phenols is 1. The van der Waals surface area contributed by atoms with Gasteiger partial charge in [-0.3, -0.25) is 57.7 Å². The molecule has 2 aliphatic rings. The minimum atomic E-state index is -1.74. The summed E-state index contributed by atoms with van der Waals surface area (Å²) in [4.78, 5) is 150. The molecule has 11 amide bonds. The van der Waals surface area contributed by atoms with Crippen molar-refractivity contribution in [1.82, 2.24) is 42.1 Å². The van der Waals surface area contributed by atoms with Crippen LogP contribution in [-0.2, 0) is 59.2 Å². The summed E-state index contributed by atoms with van der Waals surface area (Å²) >= 11 is 1.21. The first kappa shape index (κ1) is 55.1. The predicted octanol–water partition coefficient (Wildman–Crippen LogP) is -5.82. The summed E-state index contributed by atoms with van der Waals surface area (Å²) < 4.78 is 0. The number of nitrogens with one attached hydrogen (secondary N) is 7. The van der Waals surface area contributed by atoms with E-state index in [0.29, 0.717) is 12.0 Å². The monoisotopic (exact) mass is 974 g/mol. The fourth-order valence-electron chi connectivity index (χ4n) is 7.10. The van der Waals surface area contributed by atoms with Gasteiger partial charge < -0.3 is 75.9 Å². The Kier molecular flexibility index (Phi) is 22.3. The Morgan fingerprint density at radius 3 is 2.12 bits per heavy atom. The maximum atomic E-state index is 14.4. The van der Waals surface area contributed by atoms with Crippen molar-refractivity contribution in [1.29, 1.82) is 0 Å². The molecule has 2 saturated heterocycles. The molecule has 1 aromatic carbocycles. The lowest BCUT2D eigenvalue weighted by Gasteiger charge is -2.31. The number of likely N-dealkylation sites (tertiary alicyclic amines) is 1. The molecule has 2 heterocycles. The number of hydrogen-bond donors (Lipinski definition) is 13. The van der Waals surface area contributed by atoms with E-state index in [2.05, 4.69) is 42.2 Å². The highest BCUT2D eigenvalue weighted by Gasteiger charge is 2.40. The average molecular weight is 975 g/mol. The number of phenolic OH excluding ortho intramolecular Hbond substituents is 1. The molecule has 1 aromatic rings. The van der Waals surface area contributed by atoms with E-state index < -0.39 is 133 Å². The highest BCUT2D eigenvalue weighted by atomic mass is 32.2. The number of aliphatic imine (C=N–C) groups is 1. The van der Waals surface area contributed by atoms with Crippen LogP contribution >= 0.6 is 11.8 Å². The maximum Gasteiger partial charge on any atom is 0.245 e. The third-order valence-electron chi connectivity index (χ3n) is 10.6. The van der Waals surface area contributed by atoms with Crippen LogP contribution in [0, 0.1) is 0 Å². The third-order valence-corrected chi connectivity index (χ3v) is 11.6. The minimum Gasteiger partial charge on any atom is -0.508 e. The van der Waals surface area contributed by atoms with Gasteiger partial charge in [-0.1, -0.05) is 12.1 Å². The fourth-order valence-corrected chi connectivity index (χ4v) is 8.03. The number of nitrogens with zero attached hydrogens (tertiary/aromatic N) is 2. The molecular weight excluding hydrogens is 913 g/mol. The van der Waals surface area contributed by atoms with Crippen LogP contribution in [0.5, 0.6) is 5.75 Å². The van der Waals surface area contributed by atoms with Crippen LogP contribution in [0.1, 0.15) is 70.3 Å². The van der Waals surface area contributed by atoms with E-state index in [9.17, 15) is 57.8 Å². The van der Waals surface area contributed by atoms with Gasteiger partial charge >= 0.3 is 0 Å². The quantitative estimate of drug-likeness (QED) is 0.0393. The van der Waals surface area contributed by atoms with Gasteiger partial charge in [-0.25, -0.2) is 0 Å². The maximum absolute atomic E-state index is 14.4. The molecule has 0 saturated carbocycles. The fraction of sp³-hybridized carbons (Fsp3) is 0.561. The molecule has 18 N–H and O–H groups in total. The SMILES string of the molecule is C[C@@H]1NC(=O)[C@H](Cc2ccc(O)cc2)NC(=O)CCSCC[C@@H](C(=O)N2CCC[C@H]2C(=O)N[C@@H](CCCN=C(N)N)C(=O)NCC(N)=O)NC(=O)[C@H](CC(N)=O)NC(=O)[C@H](CCC(N)=O)NC1=O. The summed E-state index contributed by atoms with van der Waals surface area (Å²) in [5.74, 6) is -9.23. The summed E-state index contributed by atoms with van der Waals surface area (Å²) in [6.07, 6.45) is -1.15. The Morgan fingerprint density at radius 1 is 0.809 bits per heavy atom. The summed E-state index contributed by atoms with van der Waals surface area (Å²) in [5, 5.41) is 27.2. The van der Waals surface area contributed by atoms with Crippen molar-refractivity contribution in [2.75, 3.05) is 31.1 Å². The molecule has 0 aromatic heterocycles.